The van der Waals surface area contributed by atoms with E-state index in [0.29, 0.717) is 32.1 Å². The summed E-state index contributed by atoms with van der Waals surface area (Å²) >= 11 is 11.3. The lowest BCUT2D eigenvalue weighted by Gasteiger charge is -2.56. The van der Waals surface area contributed by atoms with Crippen molar-refractivity contribution in [2.45, 2.75) is 50.2 Å². The largest absolute Gasteiger partial charge is 0.486 e. The van der Waals surface area contributed by atoms with Crippen molar-refractivity contribution in [1.82, 2.24) is 5.32 Å². The van der Waals surface area contributed by atoms with Gasteiger partial charge in [0.15, 0.2) is 12.4 Å². The van der Waals surface area contributed by atoms with Crippen LogP contribution in [0, 0.1) is 17.0 Å². The van der Waals surface area contributed by atoms with Gasteiger partial charge in [0.05, 0.1) is 21.7 Å². The van der Waals surface area contributed by atoms with Crippen molar-refractivity contribution in [3.8, 4) is 11.5 Å². The standard InChI is InChI=1S/C25H25Cl2F2NO5/c26-18-3-1-16(9-20(18)28)34-13-15(31)11-24-5-7-25(8-6-24,22(32)12-24)30-23(33)14-35-17-2-4-19(27)21(29)10-17/h1-4,9-10,22,32H,5-8,11-14H2,(H,30,33). The van der Waals surface area contributed by atoms with Crippen LogP contribution >= 0.6 is 23.2 Å². The zero-order valence-electron chi connectivity index (χ0n) is 18.8. The van der Waals surface area contributed by atoms with Crippen molar-refractivity contribution in [2.24, 2.45) is 5.41 Å². The summed E-state index contributed by atoms with van der Waals surface area (Å²) < 4.78 is 37.9. The average Bonchev–Trinajstić information content (AvgIpc) is 2.82. The molecule has 0 spiro atoms. The van der Waals surface area contributed by atoms with E-state index >= 15 is 0 Å². The number of halogens is 4. The summed E-state index contributed by atoms with van der Waals surface area (Å²) in [6.07, 6.45) is 2.15. The molecule has 5 rings (SSSR count). The SMILES string of the molecule is O=C(COc1ccc(Cl)c(F)c1)CC12CCC(NC(=O)COc3ccc(Cl)c(F)c3)(CC1)C(O)C2. The fourth-order valence-electron chi connectivity index (χ4n) is 5.06. The van der Waals surface area contributed by atoms with Crippen molar-refractivity contribution >= 4 is 34.9 Å². The number of rotatable bonds is 9. The number of ketones is 1. The molecule has 2 aromatic carbocycles. The van der Waals surface area contributed by atoms with Crippen LogP contribution in [-0.2, 0) is 9.59 Å². The lowest BCUT2D eigenvalue weighted by atomic mass is 9.54. The molecule has 6 nitrogen and oxygen atoms in total. The lowest BCUT2D eigenvalue weighted by Crippen LogP contribution is -2.65. The third-order valence-electron chi connectivity index (χ3n) is 6.98. The van der Waals surface area contributed by atoms with Gasteiger partial charge in [-0.2, -0.15) is 0 Å². The number of hydrogen-bond donors (Lipinski definition) is 2. The highest BCUT2D eigenvalue weighted by Crippen LogP contribution is 2.54. The fraction of sp³-hybridized carbons (Fsp3) is 0.440. The van der Waals surface area contributed by atoms with E-state index in [4.69, 9.17) is 32.7 Å². The van der Waals surface area contributed by atoms with Gasteiger partial charge in [0.25, 0.3) is 5.91 Å². The Kier molecular flexibility index (Phi) is 7.54. The van der Waals surface area contributed by atoms with Crippen LogP contribution in [0.15, 0.2) is 36.4 Å². The molecular weight excluding hydrogens is 503 g/mol. The van der Waals surface area contributed by atoms with Gasteiger partial charge in [-0.3, -0.25) is 9.59 Å². The van der Waals surface area contributed by atoms with Gasteiger partial charge in [-0.05, 0) is 61.8 Å². The Bertz CT molecular complexity index is 1120. The molecule has 2 N–H and O–H groups in total. The van der Waals surface area contributed by atoms with E-state index in [9.17, 15) is 23.5 Å². The molecule has 2 aromatic rings. The predicted molar refractivity (Wildman–Crippen MR) is 126 cm³/mol. The first-order valence-electron chi connectivity index (χ1n) is 11.3. The summed E-state index contributed by atoms with van der Waals surface area (Å²) in [6, 6.07) is 7.89. The Morgan fingerprint density at radius 3 is 2.00 bits per heavy atom. The van der Waals surface area contributed by atoms with E-state index in [0.717, 1.165) is 12.1 Å². The second-order valence-corrected chi connectivity index (χ2v) is 10.2. The van der Waals surface area contributed by atoms with Crippen LogP contribution in [0.3, 0.4) is 0 Å². The highest BCUT2D eigenvalue weighted by molar-refractivity contribution is 6.31. The molecule has 3 saturated carbocycles. The van der Waals surface area contributed by atoms with Gasteiger partial charge in [0, 0.05) is 18.6 Å². The van der Waals surface area contributed by atoms with Crippen molar-refractivity contribution in [1.29, 1.82) is 0 Å². The molecule has 3 fully saturated rings. The summed E-state index contributed by atoms with van der Waals surface area (Å²) in [5.74, 6) is -1.44. The maximum atomic E-state index is 13.5. The second-order valence-electron chi connectivity index (χ2n) is 9.37. The number of carbonyl (C=O) groups excluding carboxylic acids is 2. The number of hydrogen-bond acceptors (Lipinski definition) is 5. The van der Waals surface area contributed by atoms with Gasteiger partial charge in [-0.15, -0.1) is 0 Å². The van der Waals surface area contributed by atoms with Gasteiger partial charge in [-0.25, -0.2) is 8.78 Å². The zero-order chi connectivity index (χ0) is 25.2. The number of aliphatic hydroxyl groups excluding tert-OH is 1. The minimum absolute atomic E-state index is 0.0259. The van der Waals surface area contributed by atoms with Crippen LogP contribution < -0.4 is 14.8 Å². The van der Waals surface area contributed by atoms with Crippen LogP contribution in [0.5, 0.6) is 11.5 Å². The van der Waals surface area contributed by atoms with E-state index < -0.39 is 29.2 Å². The quantitative estimate of drug-likeness (QED) is 0.486. The van der Waals surface area contributed by atoms with E-state index in [1.165, 1.54) is 24.3 Å². The monoisotopic (exact) mass is 527 g/mol. The van der Waals surface area contributed by atoms with Crippen molar-refractivity contribution in [3.63, 3.8) is 0 Å². The number of Topliss-reactive ketones (excluding diaryl/α,β-unsaturated/α-hetero) is 1. The number of amides is 1. The molecular formula is C25H25Cl2F2NO5. The van der Waals surface area contributed by atoms with Crippen LogP contribution in [-0.4, -0.2) is 41.7 Å². The fourth-order valence-corrected chi connectivity index (χ4v) is 5.29. The normalized spacial score (nSPS) is 25.2. The molecule has 0 radical (unpaired) electrons. The summed E-state index contributed by atoms with van der Waals surface area (Å²) in [7, 11) is 0. The Balaban J connectivity index is 1.28. The summed E-state index contributed by atoms with van der Waals surface area (Å²) in [6.45, 7) is -0.536. The predicted octanol–water partition coefficient (Wildman–Crippen LogP) is 4.87. The van der Waals surface area contributed by atoms with E-state index in [1.54, 1.807) is 0 Å². The Morgan fingerprint density at radius 1 is 0.943 bits per heavy atom. The topological polar surface area (TPSA) is 84.9 Å². The summed E-state index contributed by atoms with van der Waals surface area (Å²) in [4.78, 5) is 25.1. The van der Waals surface area contributed by atoms with Crippen LogP contribution in [0.1, 0.15) is 38.5 Å². The van der Waals surface area contributed by atoms with Gasteiger partial charge in [-0.1, -0.05) is 23.2 Å². The van der Waals surface area contributed by atoms with E-state index in [2.05, 4.69) is 5.32 Å². The van der Waals surface area contributed by atoms with Crippen molar-refractivity contribution in [3.05, 3.63) is 58.1 Å². The maximum Gasteiger partial charge on any atom is 0.258 e. The van der Waals surface area contributed by atoms with E-state index in [1.807, 2.05) is 0 Å². The Morgan fingerprint density at radius 2 is 1.49 bits per heavy atom. The molecule has 0 aromatic heterocycles. The van der Waals surface area contributed by atoms with Gasteiger partial charge >= 0.3 is 0 Å². The molecule has 0 heterocycles. The highest BCUT2D eigenvalue weighted by Gasteiger charge is 2.55. The molecule has 0 aliphatic heterocycles. The molecule has 1 atom stereocenters. The first-order valence-corrected chi connectivity index (χ1v) is 12.0. The molecule has 35 heavy (non-hydrogen) atoms. The molecule has 188 valence electrons. The molecule has 1 unspecified atom stereocenters. The number of benzene rings is 2. The Hall–Kier alpha value is -2.42. The molecule has 0 saturated heterocycles. The molecule has 2 bridgehead atoms. The summed E-state index contributed by atoms with van der Waals surface area (Å²) in [5.41, 5.74) is -1.15. The molecule has 10 heteroatoms. The lowest BCUT2D eigenvalue weighted by molar-refractivity contribution is -0.140. The zero-order valence-corrected chi connectivity index (χ0v) is 20.3. The average molecular weight is 528 g/mol. The van der Waals surface area contributed by atoms with Gasteiger partial charge in [0.1, 0.15) is 29.7 Å². The first-order chi connectivity index (χ1) is 16.6. The number of carbonyl (C=O) groups is 2. The highest BCUT2D eigenvalue weighted by atomic mass is 35.5. The third kappa shape index (κ3) is 5.88. The third-order valence-corrected chi connectivity index (χ3v) is 7.59. The number of fused-ring (bicyclic) bond motifs is 3. The summed E-state index contributed by atoms with van der Waals surface area (Å²) in [5, 5.41) is 13.7. The number of nitrogens with one attached hydrogen (secondary N) is 1. The minimum Gasteiger partial charge on any atom is -0.486 e. The number of ether oxygens (including phenoxy) is 2. The second kappa shape index (κ2) is 10.3. The Labute approximate surface area is 211 Å². The van der Waals surface area contributed by atoms with Crippen LogP contribution in [0.25, 0.3) is 0 Å². The molecule has 1 amide bonds. The van der Waals surface area contributed by atoms with Gasteiger partial charge < -0.3 is 19.9 Å². The van der Waals surface area contributed by atoms with Crippen molar-refractivity contribution in [2.75, 3.05) is 13.2 Å². The minimum atomic E-state index is -0.819. The van der Waals surface area contributed by atoms with Crippen molar-refractivity contribution < 1.29 is 33.0 Å². The van der Waals surface area contributed by atoms with Gasteiger partial charge in [0.2, 0.25) is 0 Å². The first kappa shape index (κ1) is 25.7. The number of aliphatic hydroxyl groups is 1. The molecule has 3 aliphatic carbocycles. The van der Waals surface area contributed by atoms with Crippen LogP contribution in [0.4, 0.5) is 8.78 Å². The van der Waals surface area contributed by atoms with Crippen LogP contribution in [0.2, 0.25) is 10.0 Å². The smallest absolute Gasteiger partial charge is 0.258 e. The van der Waals surface area contributed by atoms with E-state index in [-0.39, 0.29) is 52.4 Å². The maximum absolute atomic E-state index is 13.5. The molecule has 3 aliphatic rings.